The number of anilines is 1. The van der Waals surface area contributed by atoms with E-state index in [1.54, 1.807) is 16.8 Å². The largest absolute Gasteiger partial charge is 0.491 e. The van der Waals surface area contributed by atoms with Crippen molar-refractivity contribution in [3.05, 3.63) is 42.4 Å². The lowest BCUT2D eigenvalue weighted by Gasteiger charge is -2.28. The van der Waals surface area contributed by atoms with Gasteiger partial charge in [-0.15, -0.1) is 0 Å². The van der Waals surface area contributed by atoms with Gasteiger partial charge in [-0.1, -0.05) is 0 Å². The van der Waals surface area contributed by atoms with Crippen LogP contribution in [0.5, 0.6) is 5.75 Å². The van der Waals surface area contributed by atoms with Crippen LogP contribution in [-0.2, 0) is 4.79 Å². The summed E-state index contributed by atoms with van der Waals surface area (Å²) in [7, 11) is 2.15. The molecule has 8 nitrogen and oxygen atoms in total. The first kappa shape index (κ1) is 20.5. The Bertz CT molecular complexity index is 1180. The van der Waals surface area contributed by atoms with Gasteiger partial charge in [0.05, 0.1) is 18.3 Å². The van der Waals surface area contributed by atoms with Crippen LogP contribution in [0.15, 0.2) is 36.7 Å². The number of rotatable bonds is 6. The second-order valence-corrected chi connectivity index (χ2v) is 8.81. The van der Waals surface area contributed by atoms with Crippen LogP contribution in [-0.4, -0.2) is 52.1 Å². The first-order valence-corrected chi connectivity index (χ1v) is 11.1. The second-order valence-electron chi connectivity index (χ2n) is 8.81. The first-order chi connectivity index (χ1) is 15.6. The van der Waals surface area contributed by atoms with Crippen molar-refractivity contribution in [2.75, 3.05) is 32.1 Å². The van der Waals surface area contributed by atoms with Crippen molar-refractivity contribution in [3.63, 3.8) is 0 Å². The van der Waals surface area contributed by atoms with Crippen molar-refractivity contribution < 1.29 is 9.53 Å². The van der Waals surface area contributed by atoms with E-state index >= 15 is 0 Å². The third kappa shape index (κ3) is 4.43. The molecular formula is C24H26N6O2. The number of hydrogen-bond acceptors (Lipinski definition) is 6. The highest BCUT2D eigenvalue weighted by molar-refractivity contribution is 5.93. The van der Waals surface area contributed by atoms with Crippen LogP contribution in [0.25, 0.3) is 16.6 Å². The molecule has 0 unspecified atom stereocenters. The number of hydrogen-bond donors (Lipinski definition) is 1. The molecule has 3 aromatic rings. The van der Waals surface area contributed by atoms with Crippen LogP contribution in [0.1, 0.15) is 31.4 Å². The van der Waals surface area contributed by atoms with Gasteiger partial charge >= 0.3 is 0 Å². The Labute approximate surface area is 186 Å². The number of piperidine rings is 1. The van der Waals surface area contributed by atoms with Gasteiger partial charge in [-0.25, -0.2) is 9.50 Å². The zero-order chi connectivity index (χ0) is 22.1. The van der Waals surface area contributed by atoms with Crippen LogP contribution < -0.4 is 10.1 Å². The van der Waals surface area contributed by atoms with E-state index in [2.05, 4.69) is 33.4 Å². The monoisotopic (exact) mass is 430 g/mol. The van der Waals surface area contributed by atoms with E-state index in [-0.39, 0.29) is 11.8 Å². The Morgan fingerprint density at radius 3 is 2.81 bits per heavy atom. The van der Waals surface area contributed by atoms with E-state index in [9.17, 15) is 10.1 Å². The van der Waals surface area contributed by atoms with Crippen LogP contribution in [0.2, 0.25) is 0 Å². The number of nitrogens with one attached hydrogen (secondary N) is 1. The summed E-state index contributed by atoms with van der Waals surface area (Å²) in [4.78, 5) is 18.6. The fraction of sp³-hybridized carbons (Fsp3) is 0.417. The minimum atomic E-state index is 0.0334. The molecule has 1 saturated heterocycles. The third-order valence-corrected chi connectivity index (χ3v) is 6.27. The topological polar surface area (TPSA) is 95.6 Å². The third-order valence-electron chi connectivity index (χ3n) is 6.27. The minimum Gasteiger partial charge on any atom is -0.491 e. The molecule has 0 radical (unpaired) electrons. The molecule has 164 valence electrons. The van der Waals surface area contributed by atoms with Crippen LogP contribution in [0.3, 0.4) is 0 Å². The van der Waals surface area contributed by atoms with E-state index in [1.165, 1.54) is 0 Å². The van der Waals surface area contributed by atoms with E-state index in [0.29, 0.717) is 29.8 Å². The fourth-order valence-corrected chi connectivity index (χ4v) is 4.08. The Morgan fingerprint density at radius 2 is 2.06 bits per heavy atom. The van der Waals surface area contributed by atoms with Gasteiger partial charge in [-0.3, -0.25) is 4.79 Å². The number of fused-ring (bicyclic) bond motifs is 1. The molecule has 4 heterocycles. The first-order valence-electron chi connectivity index (χ1n) is 11.1. The zero-order valence-corrected chi connectivity index (χ0v) is 18.1. The molecule has 0 atom stereocenters. The van der Waals surface area contributed by atoms with Gasteiger partial charge in [0, 0.05) is 23.7 Å². The lowest BCUT2D eigenvalue weighted by atomic mass is 9.98. The van der Waals surface area contributed by atoms with E-state index in [0.717, 1.165) is 55.4 Å². The van der Waals surface area contributed by atoms with Gasteiger partial charge in [-0.05, 0) is 75.5 Å². The van der Waals surface area contributed by atoms with Gasteiger partial charge in [0.2, 0.25) is 5.91 Å². The van der Waals surface area contributed by atoms with Crippen LogP contribution in [0, 0.1) is 23.2 Å². The lowest BCUT2D eigenvalue weighted by molar-refractivity contribution is -0.117. The van der Waals surface area contributed by atoms with Gasteiger partial charge in [0.25, 0.3) is 0 Å². The summed E-state index contributed by atoms with van der Waals surface area (Å²) in [6.07, 6.45) is 7.63. The van der Waals surface area contributed by atoms with E-state index in [4.69, 9.17) is 4.74 Å². The molecule has 2 aliphatic rings. The lowest BCUT2D eigenvalue weighted by Crippen LogP contribution is -2.32. The number of likely N-dealkylation sites (tertiary alicyclic amines) is 1. The highest BCUT2D eigenvalue weighted by Gasteiger charge is 2.30. The van der Waals surface area contributed by atoms with Gasteiger partial charge in [0.1, 0.15) is 17.5 Å². The van der Waals surface area contributed by atoms with Crippen LogP contribution >= 0.6 is 0 Å². The predicted molar refractivity (Wildman–Crippen MR) is 120 cm³/mol. The maximum Gasteiger partial charge on any atom is 0.228 e. The number of ether oxygens (including phenoxy) is 1. The summed E-state index contributed by atoms with van der Waals surface area (Å²) in [5.74, 6) is 1.90. The summed E-state index contributed by atoms with van der Waals surface area (Å²) >= 11 is 0. The van der Waals surface area contributed by atoms with Crippen molar-refractivity contribution in [2.24, 2.45) is 11.8 Å². The molecule has 2 fully saturated rings. The summed E-state index contributed by atoms with van der Waals surface area (Å²) in [6.45, 7) is 2.81. The second kappa shape index (κ2) is 8.60. The average molecular weight is 431 g/mol. The zero-order valence-electron chi connectivity index (χ0n) is 18.1. The van der Waals surface area contributed by atoms with E-state index < -0.39 is 0 Å². The summed E-state index contributed by atoms with van der Waals surface area (Å²) in [6, 6.07) is 9.66. The number of nitriles is 1. The average Bonchev–Trinajstić information content (AvgIpc) is 3.59. The quantitative estimate of drug-likeness (QED) is 0.644. The fourth-order valence-electron chi connectivity index (χ4n) is 4.08. The maximum atomic E-state index is 12.1. The molecule has 0 spiro atoms. The molecule has 0 bridgehead atoms. The minimum absolute atomic E-state index is 0.0334. The number of nitrogens with zero attached hydrogens (tertiary/aromatic N) is 5. The summed E-state index contributed by atoms with van der Waals surface area (Å²) < 4.78 is 7.93. The van der Waals surface area contributed by atoms with Crippen LogP contribution in [0.4, 0.5) is 5.82 Å². The number of carbonyl (C=O) groups is 1. The number of carbonyl (C=O) groups excluding carboxylic acids is 1. The standard InChI is InChI=1S/C24H26N6O2/c1-29-7-4-16(5-8-29)15-32-22-14-26-19(13-25)11-21(22)18-6-9-30-20(10-18)12-23(28-30)27-24(31)17-2-3-17/h6,9-12,14,16-17H,2-5,7-8,15H2,1H3,(H,27,28,31). The molecule has 1 saturated carbocycles. The Hall–Kier alpha value is -3.44. The summed E-state index contributed by atoms with van der Waals surface area (Å²) in [5, 5.41) is 16.7. The molecule has 8 heteroatoms. The highest BCUT2D eigenvalue weighted by atomic mass is 16.5. The van der Waals surface area contributed by atoms with Gasteiger partial charge < -0.3 is 15.0 Å². The molecule has 5 rings (SSSR count). The maximum absolute atomic E-state index is 12.1. The molecular weight excluding hydrogens is 404 g/mol. The van der Waals surface area contributed by atoms with E-state index in [1.807, 2.05) is 24.4 Å². The number of aromatic nitrogens is 3. The molecule has 3 aromatic heterocycles. The van der Waals surface area contributed by atoms with Crippen molar-refractivity contribution >= 4 is 17.2 Å². The normalized spacial score (nSPS) is 17.2. The smallest absolute Gasteiger partial charge is 0.228 e. The van der Waals surface area contributed by atoms with Crippen molar-refractivity contribution in [1.29, 1.82) is 5.26 Å². The Morgan fingerprint density at radius 1 is 1.25 bits per heavy atom. The summed E-state index contributed by atoms with van der Waals surface area (Å²) in [5.41, 5.74) is 2.94. The van der Waals surface area contributed by atoms with Gasteiger partial charge in [0.15, 0.2) is 5.82 Å². The van der Waals surface area contributed by atoms with Crippen molar-refractivity contribution in [1.82, 2.24) is 19.5 Å². The number of pyridine rings is 2. The Kier molecular flexibility index (Phi) is 5.50. The van der Waals surface area contributed by atoms with Gasteiger partial charge in [-0.2, -0.15) is 10.4 Å². The molecule has 1 amide bonds. The molecule has 32 heavy (non-hydrogen) atoms. The predicted octanol–water partition coefficient (Wildman–Crippen LogP) is 3.34. The molecule has 1 aliphatic heterocycles. The van der Waals surface area contributed by atoms with Crippen molar-refractivity contribution in [2.45, 2.75) is 25.7 Å². The SMILES string of the molecule is CN1CCC(COc2cnc(C#N)cc2-c2ccn3nc(NC(=O)C4CC4)cc3c2)CC1. The molecule has 1 aliphatic carbocycles. The Balaban J connectivity index is 1.39. The molecule has 0 aromatic carbocycles. The van der Waals surface area contributed by atoms with Crippen molar-refractivity contribution in [3.8, 4) is 22.9 Å². The molecule has 1 N–H and O–H groups in total. The number of amides is 1. The highest BCUT2D eigenvalue weighted by Crippen LogP contribution is 2.33.